The third-order valence-corrected chi connectivity index (χ3v) is 7.92. The number of urea groups is 1. The van der Waals surface area contributed by atoms with Crippen molar-refractivity contribution < 1.29 is 18.0 Å². The van der Waals surface area contributed by atoms with Gasteiger partial charge in [0.25, 0.3) is 5.91 Å². The molecule has 0 atom stereocenters. The van der Waals surface area contributed by atoms with Crippen molar-refractivity contribution in [2.75, 3.05) is 32.7 Å². The molecule has 2 saturated heterocycles. The number of hydrogen-bond donors (Lipinski definition) is 2. The minimum Gasteiger partial charge on any atom is -0.352 e. The van der Waals surface area contributed by atoms with E-state index in [1.54, 1.807) is 12.1 Å². The number of nitrogens with zero attached hydrogens (tertiary/aromatic N) is 2. The number of rotatable bonds is 5. The number of carbonyl (C=O) groups is 2. The van der Waals surface area contributed by atoms with Crippen LogP contribution in [-0.2, 0) is 10.0 Å². The maximum Gasteiger partial charge on any atom is 0.317 e. The Morgan fingerprint density at radius 2 is 1.56 bits per heavy atom. The van der Waals surface area contributed by atoms with Gasteiger partial charge in [-0.1, -0.05) is 6.42 Å². The summed E-state index contributed by atoms with van der Waals surface area (Å²) in [6, 6.07) is 6.15. The predicted molar refractivity (Wildman–Crippen MR) is 124 cm³/mol. The lowest BCUT2D eigenvalue weighted by atomic mass is 9.96. The van der Waals surface area contributed by atoms with Crippen molar-refractivity contribution in [2.24, 2.45) is 5.92 Å². The number of benzene rings is 1. The van der Waals surface area contributed by atoms with Crippen LogP contribution in [0.15, 0.2) is 29.2 Å². The Balaban J connectivity index is 1.47. The molecule has 2 fully saturated rings. The Kier molecular flexibility index (Phi) is 7.82. The molecule has 9 heteroatoms. The van der Waals surface area contributed by atoms with Crippen molar-refractivity contribution in [1.82, 2.24) is 19.8 Å². The summed E-state index contributed by atoms with van der Waals surface area (Å²) in [6.07, 6.45) is 4.52. The van der Waals surface area contributed by atoms with E-state index in [-0.39, 0.29) is 22.4 Å². The summed E-state index contributed by atoms with van der Waals surface area (Å²) in [6.45, 7) is 8.88. The van der Waals surface area contributed by atoms with Gasteiger partial charge in [-0.05, 0) is 76.6 Å². The lowest BCUT2D eigenvalue weighted by molar-refractivity contribution is 0.0937. The van der Waals surface area contributed by atoms with E-state index in [9.17, 15) is 18.0 Å². The van der Waals surface area contributed by atoms with Crippen LogP contribution in [0.3, 0.4) is 0 Å². The van der Waals surface area contributed by atoms with E-state index in [0.717, 1.165) is 32.1 Å². The molecule has 2 heterocycles. The maximum atomic E-state index is 12.7. The standard InChI is InChI=1S/C23H36N4O4S/c1-23(2,3)25-22(29)26-15-11-18(12-16-26)17-24-21(28)19-7-9-20(10-8-19)32(30,31)27-13-5-4-6-14-27/h7-10,18H,4-6,11-17H2,1-3H3,(H,24,28)(H,25,29). The first-order valence-corrected chi connectivity index (χ1v) is 13.0. The molecule has 1 aromatic carbocycles. The van der Waals surface area contributed by atoms with Gasteiger partial charge in [-0.2, -0.15) is 4.31 Å². The maximum absolute atomic E-state index is 12.7. The van der Waals surface area contributed by atoms with Gasteiger partial charge in [0, 0.05) is 43.8 Å². The third-order valence-electron chi connectivity index (χ3n) is 6.00. The number of carbonyl (C=O) groups excluding carboxylic acids is 2. The topological polar surface area (TPSA) is 98.8 Å². The Bertz CT molecular complexity index is 895. The minimum atomic E-state index is -3.49. The number of likely N-dealkylation sites (tertiary alicyclic amines) is 1. The van der Waals surface area contributed by atoms with E-state index in [1.807, 2.05) is 25.7 Å². The molecule has 0 radical (unpaired) electrons. The van der Waals surface area contributed by atoms with Gasteiger partial charge in [-0.25, -0.2) is 13.2 Å². The molecule has 8 nitrogen and oxygen atoms in total. The fourth-order valence-corrected chi connectivity index (χ4v) is 5.63. The van der Waals surface area contributed by atoms with Crippen molar-refractivity contribution in [2.45, 2.75) is 63.3 Å². The number of hydrogen-bond acceptors (Lipinski definition) is 4. The molecule has 3 amide bonds. The van der Waals surface area contributed by atoms with E-state index in [1.165, 1.54) is 16.4 Å². The zero-order valence-electron chi connectivity index (χ0n) is 19.4. The van der Waals surface area contributed by atoms with Crippen LogP contribution in [0.2, 0.25) is 0 Å². The normalized spacial score (nSPS) is 18.9. The van der Waals surface area contributed by atoms with E-state index in [0.29, 0.717) is 44.2 Å². The van der Waals surface area contributed by atoms with Crippen molar-refractivity contribution in [3.8, 4) is 0 Å². The highest BCUT2D eigenvalue weighted by Crippen LogP contribution is 2.21. The molecule has 0 aliphatic carbocycles. The first kappa shape index (κ1) is 24.5. The molecule has 2 N–H and O–H groups in total. The van der Waals surface area contributed by atoms with Crippen LogP contribution >= 0.6 is 0 Å². The fraction of sp³-hybridized carbons (Fsp3) is 0.652. The van der Waals surface area contributed by atoms with Crippen LogP contribution in [0.25, 0.3) is 0 Å². The molecule has 2 aliphatic heterocycles. The van der Waals surface area contributed by atoms with Gasteiger partial charge in [0.2, 0.25) is 10.0 Å². The van der Waals surface area contributed by atoms with E-state index < -0.39 is 10.0 Å². The molecule has 32 heavy (non-hydrogen) atoms. The van der Waals surface area contributed by atoms with Gasteiger partial charge >= 0.3 is 6.03 Å². The summed E-state index contributed by atoms with van der Waals surface area (Å²) >= 11 is 0. The highest BCUT2D eigenvalue weighted by molar-refractivity contribution is 7.89. The molecule has 0 unspecified atom stereocenters. The second-order valence-electron chi connectivity index (χ2n) is 9.81. The summed E-state index contributed by atoms with van der Waals surface area (Å²) in [5.41, 5.74) is 0.189. The molecular weight excluding hydrogens is 428 g/mol. The number of piperidine rings is 2. The van der Waals surface area contributed by atoms with E-state index >= 15 is 0 Å². The van der Waals surface area contributed by atoms with Gasteiger partial charge in [0.05, 0.1) is 4.90 Å². The Morgan fingerprint density at radius 3 is 2.12 bits per heavy atom. The summed E-state index contributed by atoms with van der Waals surface area (Å²) in [5, 5.41) is 5.94. The lowest BCUT2D eigenvalue weighted by Crippen LogP contribution is -2.51. The van der Waals surface area contributed by atoms with Crippen LogP contribution in [0.1, 0.15) is 63.2 Å². The van der Waals surface area contributed by atoms with Crippen molar-refractivity contribution in [3.05, 3.63) is 29.8 Å². The first-order chi connectivity index (χ1) is 15.1. The molecule has 0 spiro atoms. The largest absolute Gasteiger partial charge is 0.352 e. The van der Waals surface area contributed by atoms with Crippen LogP contribution in [0.4, 0.5) is 4.79 Å². The second kappa shape index (κ2) is 10.2. The SMILES string of the molecule is CC(C)(C)NC(=O)N1CCC(CNC(=O)c2ccc(S(=O)(=O)N3CCCCC3)cc2)CC1. The van der Waals surface area contributed by atoms with E-state index in [4.69, 9.17) is 0 Å². The van der Waals surface area contributed by atoms with Gasteiger partial charge in [0.1, 0.15) is 0 Å². The van der Waals surface area contributed by atoms with E-state index in [2.05, 4.69) is 10.6 Å². The molecule has 3 rings (SSSR count). The number of nitrogens with one attached hydrogen (secondary N) is 2. The average Bonchev–Trinajstić information content (AvgIpc) is 2.77. The monoisotopic (exact) mass is 464 g/mol. The smallest absolute Gasteiger partial charge is 0.317 e. The fourth-order valence-electron chi connectivity index (χ4n) is 4.11. The third kappa shape index (κ3) is 6.45. The minimum absolute atomic E-state index is 0.0421. The van der Waals surface area contributed by atoms with Gasteiger partial charge < -0.3 is 15.5 Å². The van der Waals surface area contributed by atoms with Crippen LogP contribution < -0.4 is 10.6 Å². The molecule has 1 aromatic rings. The number of sulfonamides is 1. The molecule has 0 bridgehead atoms. The van der Waals surface area contributed by atoms with Crippen LogP contribution in [0, 0.1) is 5.92 Å². The van der Waals surface area contributed by atoms with Crippen LogP contribution in [0.5, 0.6) is 0 Å². The van der Waals surface area contributed by atoms with Crippen LogP contribution in [-0.4, -0.2) is 67.8 Å². The summed E-state index contributed by atoms with van der Waals surface area (Å²) in [7, 11) is -3.49. The second-order valence-corrected chi connectivity index (χ2v) is 11.7. The number of amides is 3. The molecular formula is C23H36N4O4S. The average molecular weight is 465 g/mol. The quantitative estimate of drug-likeness (QED) is 0.700. The molecule has 0 saturated carbocycles. The van der Waals surface area contributed by atoms with Gasteiger partial charge in [-0.3, -0.25) is 4.79 Å². The summed E-state index contributed by atoms with van der Waals surface area (Å²) in [5.74, 6) is 0.108. The summed E-state index contributed by atoms with van der Waals surface area (Å²) in [4.78, 5) is 26.9. The lowest BCUT2D eigenvalue weighted by Gasteiger charge is -2.34. The molecule has 2 aliphatic rings. The Hall–Kier alpha value is -2.13. The van der Waals surface area contributed by atoms with Crippen molar-refractivity contribution in [1.29, 1.82) is 0 Å². The Labute approximate surface area is 191 Å². The van der Waals surface area contributed by atoms with Crippen molar-refractivity contribution in [3.63, 3.8) is 0 Å². The highest BCUT2D eigenvalue weighted by atomic mass is 32.2. The molecule has 178 valence electrons. The Morgan fingerprint density at radius 1 is 0.969 bits per heavy atom. The zero-order valence-corrected chi connectivity index (χ0v) is 20.2. The van der Waals surface area contributed by atoms with Gasteiger partial charge in [0.15, 0.2) is 0 Å². The first-order valence-electron chi connectivity index (χ1n) is 11.5. The molecule has 0 aromatic heterocycles. The van der Waals surface area contributed by atoms with Gasteiger partial charge in [-0.15, -0.1) is 0 Å². The predicted octanol–water partition coefficient (Wildman–Crippen LogP) is 2.81. The highest BCUT2D eigenvalue weighted by Gasteiger charge is 2.27. The summed E-state index contributed by atoms with van der Waals surface area (Å²) < 4.78 is 27.0. The zero-order chi connectivity index (χ0) is 23.4. The van der Waals surface area contributed by atoms with Crippen molar-refractivity contribution >= 4 is 22.0 Å².